The van der Waals surface area contributed by atoms with E-state index >= 15 is 0 Å². The van der Waals surface area contributed by atoms with Crippen LogP contribution in [0.25, 0.3) is 0 Å². The van der Waals surface area contributed by atoms with E-state index in [2.05, 4.69) is 5.32 Å². The maximum absolute atomic E-state index is 13.2. The smallest absolute Gasteiger partial charge is 0.145 e. The van der Waals surface area contributed by atoms with Gasteiger partial charge in [-0.2, -0.15) is 0 Å². The molecule has 1 heterocycles. The molecule has 0 saturated carbocycles. The van der Waals surface area contributed by atoms with Crippen molar-refractivity contribution in [1.29, 1.82) is 0 Å². The fourth-order valence-electron chi connectivity index (χ4n) is 1.54. The van der Waals surface area contributed by atoms with Crippen molar-refractivity contribution in [2.75, 3.05) is 7.05 Å². The number of furan rings is 1. The number of benzene rings is 1. The second-order valence-corrected chi connectivity index (χ2v) is 4.17. The Morgan fingerprint density at radius 2 is 2.22 bits per heavy atom. The molecule has 1 aromatic carbocycles. The molecule has 2 rings (SSSR count). The SMILES string of the molecule is CNCc1occc1COc1ccc(Cl)c(F)c1. The molecule has 0 fully saturated rings. The van der Waals surface area contributed by atoms with Crippen LogP contribution in [0.3, 0.4) is 0 Å². The fraction of sp³-hybridized carbons (Fsp3) is 0.231. The minimum atomic E-state index is -0.489. The summed E-state index contributed by atoms with van der Waals surface area (Å²) >= 11 is 5.59. The molecule has 0 aliphatic heterocycles. The average molecular weight is 270 g/mol. The van der Waals surface area contributed by atoms with Gasteiger partial charge in [0.2, 0.25) is 0 Å². The Kier molecular flexibility index (Phi) is 4.23. The van der Waals surface area contributed by atoms with Gasteiger partial charge in [-0.3, -0.25) is 0 Å². The molecular formula is C13H13ClFNO2. The van der Waals surface area contributed by atoms with E-state index in [1.165, 1.54) is 12.1 Å². The second kappa shape index (κ2) is 5.89. The highest BCUT2D eigenvalue weighted by Gasteiger charge is 2.07. The van der Waals surface area contributed by atoms with Gasteiger partial charge in [0.05, 0.1) is 17.8 Å². The molecule has 0 aliphatic rings. The molecule has 0 saturated heterocycles. The second-order valence-electron chi connectivity index (χ2n) is 3.76. The van der Waals surface area contributed by atoms with Gasteiger partial charge in [0, 0.05) is 11.6 Å². The van der Waals surface area contributed by atoms with Crippen molar-refractivity contribution in [3.63, 3.8) is 0 Å². The Labute approximate surface area is 110 Å². The average Bonchev–Trinajstić information content (AvgIpc) is 2.79. The van der Waals surface area contributed by atoms with Gasteiger partial charge >= 0.3 is 0 Å². The summed E-state index contributed by atoms with van der Waals surface area (Å²) in [6.45, 7) is 0.954. The summed E-state index contributed by atoms with van der Waals surface area (Å²) in [6.07, 6.45) is 1.60. The van der Waals surface area contributed by atoms with Crippen molar-refractivity contribution < 1.29 is 13.5 Å². The summed E-state index contributed by atoms with van der Waals surface area (Å²) in [7, 11) is 1.84. The fourth-order valence-corrected chi connectivity index (χ4v) is 1.66. The number of hydrogen-bond acceptors (Lipinski definition) is 3. The quantitative estimate of drug-likeness (QED) is 0.904. The Balaban J connectivity index is 2.02. The molecule has 0 aliphatic carbocycles. The standard InChI is InChI=1S/C13H13ClFNO2/c1-16-7-13-9(4-5-17-13)8-18-10-2-3-11(14)12(15)6-10/h2-6,16H,7-8H2,1H3. The zero-order chi connectivity index (χ0) is 13.0. The minimum absolute atomic E-state index is 0.0848. The lowest BCUT2D eigenvalue weighted by Crippen LogP contribution is -2.07. The number of ether oxygens (including phenoxy) is 1. The third-order valence-electron chi connectivity index (χ3n) is 2.46. The topological polar surface area (TPSA) is 34.4 Å². The molecule has 2 aromatic rings. The first-order valence-corrected chi connectivity index (χ1v) is 5.86. The maximum Gasteiger partial charge on any atom is 0.145 e. The highest BCUT2D eigenvalue weighted by molar-refractivity contribution is 6.30. The predicted octanol–water partition coefficient (Wildman–Crippen LogP) is 3.37. The molecule has 0 amide bonds. The first kappa shape index (κ1) is 12.9. The highest BCUT2D eigenvalue weighted by atomic mass is 35.5. The monoisotopic (exact) mass is 269 g/mol. The Morgan fingerprint density at radius 1 is 1.39 bits per heavy atom. The van der Waals surface area contributed by atoms with Crippen molar-refractivity contribution in [1.82, 2.24) is 5.32 Å². The first-order chi connectivity index (χ1) is 8.70. The molecule has 3 nitrogen and oxygen atoms in total. The zero-order valence-corrected chi connectivity index (χ0v) is 10.6. The Hall–Kier alpha value is -1.52. The molecule has 0 spiro atoms. The summed E-state index contributed by atoms with van der Waals surface area (Å²) in [5.74, 6) is 0.761. The van der Waals surface area contributed by atoms with E-state index < -0.39 is 5.82 Å². The largest absolute Gasteiger partial charge is 0.489 e. The van der Waals surface area contributed by atoms with E-state index in [1.807, 2.05) is 13.1 Å². The molecule has 0 unspecified atom stereocenters. The van der Waals surface area contributed by atoms with Gasteiger partial charge in [-0.1, -0.05) is 11.6 Å². The van der Waals surface area contributed by atoms with E-state index in [4.69, 9.17) is 20.8 Å². The summed E-state index contributed by atoms with van der Waals surface area (Å²) in [6, 6.07) is 6.19. The van der Waals surface area contributed by atoms with Crippen molar-refractivity contribution in [2.24, 2.45) is 0 Å². The van der Waals surface area contributed by atoms with Gasteiger partial charge in [-0.25, -0.2) is 4.39 Å². The molecule has 5 heteroatoms. The lowest BCUT2D eigenvalue weighted by atomic mass is 10.2. The van der Waals surface area contributed by atoms with Crippen LogP contribution >= 0.6 is 11.6 Å². The van der Waals surface area contributed by atoms with Crippen LogP contribution in [0.15, 0.2) is 34.9 Å². The maximum atomic E-state index is 13.2. The molecule has 18 heavy (non-hydrogen) atoms. The van der Waals surface area contributed by atoms with Crippen LogP contribution in [-0.4, -0.2) is 7.05 Å². The van der Waals surface area contributed by atoms with Crippen LogP contribution < -0.4 is 10.1 Å². The molecule has 1 N–H and O–H groups in total. The third kappa shape index (κ3) is 3.03. The lowest BCUT2D eigenvalue weighted by Gasteiger charge is -2.07. The summed E-state index contributed by atoms with van der Waals surface area (Å²) < 4.78 is 24.0. The van der Waals surface area contributed by atoms with Gasteiger partial charge < -0.3 is 14.5 Å². The zero-order valence-electron chi connectivity index (χ0n) is 9.87. The number of nitrogens with one attached hydrogen (secondary N) is 1. The van der Waals surface area contributed by atoms with E-state index in [0.717, 1.165) is 11.3 Å². The normalized spacial score (nSPS) is 10.6. The summed E-state index contributed by atoms with van der Waals surface area (Å²) in [5, 5.41) is 3.08. The third-order valence-corrected chi connectivity index (χ3v) is 2.77. The van der Waals surface area contributed by atoms with Crippen molar-refractivity contribution in [2.45, 2.75) is 13.2 Å². The molecule has 96 valence electrons. The van der Waals surface area contributed by atoms with Crippen LogP contribution in [0.2, 0.25) is 5.02 Å². The minimum Gasteiger partial charge on any atom is -0.489 e. The Morgan fingerprint density at radius 3 is 2.94 bits per heavy atom. The Bertz CT molecular complexity index is 527. The van der Waals surface area contributed by atoms with Crippen molar-refractivity contribution in [3.05, 3.63) is 52.7 Å². The predicted molar refractivity (Wildman–Crippen MR) is 67.2 cm³/mol. The molecule has 0 atom stereocenters. The van der Waals surface area contributed by atoms with Crippen LogP contribution in [-0.2, 0) is 13.2 Å². The van der Waals surface area contributed by atoms with Crippen LogP contribution in [0.1, 0.15) is 11.3 Å². The molecule has 0 bridgehead atoms. The van der Waals surface area contributed by atoms with Gasteiger partial charge in [-0.05, 0) is 25.2 Å². The first-order valence-electron chi connectivity index (χ1n) is 5.48. The summed E-state index contributed by atoms with van der Waals surface area (Å²) in [5.41, 5.74) is 0.930. The molecule has 0 radical (unpaired) electrons. The van der Waals surface area contributed by atoms with E-state index in [1.54, 1.807) is 12.3 Å². The van der Waals surface area contributed by atoms with Gasteiger partial charge in [0.25, 0.3) is 0 Å². The number of rotatable bonds is 5. The van der Waals surface area contributed by atoms with E-state index in [-0.39, 0.29) is 5.02 Å². The van der Waals surface area contributed by atoms with Crippen LogP contribution in [0.5, 0.6) is 5.75 Å². The van der Waals surface area contributed by atoms with Crippen molar-refractivity contribution in [3.8, 4) is 5.75 Å². The van der Waals surface area contributed by atoms with Gasteiger partial charge in [0.15, 0.2) is 0 Å². The molecular weight excluding hydrogens is 257 g/mol. The van der Waals surface area contributed by atoms with Gasteiger partial charge in [0.1, 0.15) is 23.9 Å². The number of halogens is 2. The van der Waals surface area contributed by atoms with Crippen LogP contribution in [0, 0.1) is 5.82 Å². The van der Waals surface area contributed by atoms with E-state index in [0.29, 0.717) is 18.9 Å². The van der Waals surface area contributed by atoms with E-state index in [9.17, 15) is 4.39 Å². The van der Waals surface area contributed by atoms with Crippen LogP contribution in [0.4, 0.5) is 4.39 Å². The van der Waals surface area contributed by atoms with Crippen molar-refractivity contribution >= 4 is 11.6 Å². The molecule has 1 aromatic heterocycles. The lowest BCUT2D eigenvalue weighted by molar-refractivity contribution is 0.300. The number of hydrogen-bond donors (Lipinski definition) is 1. The van der Waals surface area contributed by atoms with Gasteiger partial charge in [-0.15, -0.1) is 0 Å². The highest BCUT2D eigenvalue weighted by Crippen LogP contribution is 2.22. The summed E-state index contributed by atoms with van der Waals surface area (Å²) in [4.78, 5) is 0.